The van der Waals surface area contributed by atoms with E-state index in [1.54, 1.807) is 0 Å². The van der Waals surface area contributed by atoms with E-state index in [1.807, 2.05) is 24.3 Å². The number of allylic oxidation sites excluding steroid dienone is 1. The lowest BCUT2D eigenvalue weighted by molar-refractivity contribution is -0.134. The molecule has 0 bridgehead atoms. The van der Waals surface area contributed by atoms with Gasteiger partial charge in [0.15, 0.2) is 0 Å². The molecule has 0 aliphatic carbocycles. The van der Waals surface area contributed by atoms with Gasteiger partial charge in [-0.05, 0) is 74.9 Å². The smallest absolute Gasteiger partial charge is 0.328 e. The Balaban J connectivity index is 0.000000658. The first-order valence-corrected chi connectivity index (χ1v) is 12.6. The van der Waals surface area contributed by atoms with Gasteiger partial charge >= 0.3 is 11.9 Å². The van der Waals surface area contributed by atoms with Crippen LogP contribution in [0.2, 0.25) is 5.02 Å². The van der Waals surface area contributed by atoms with Crippen LogP contribution in [0.4, 0.5) is 0 Å². The zero-order chi connectivity index (χ0) is 25.9. The van der Waals surface area contributed by atoms with Crippen LogP contribution in [0.5, 0.6) is 0 Å². The zero-order valence-electron chi connectivity index (χ0n) is 20.9. The Hall–Kier alpha value is -2.64. The first kappa shape index (κ1) is 30.4. The van der Waals surface area contributed by atoms with Crippen LogP contribution in [-0.4, -0.2) is 59.0 Å². The number of hydrogen-bond donors (Lipinski definition) is 2. The fraction of sp³-hybridized carbons (Fsp3) is 0.519. The van der Waals surface area contributed by atoms with Gasteiger partial charge in [-0.25, -0.2) is 9.59 Å². The molecule has 0 unspecified atom stereocenters. The molecule has 0 atom stereocenters. The van der Waals surface area contributed by atoms with Crippen LogP contribution in [0, 0.1) is 5.92 Å². The minimum atomic E-state index is -1.26. The number of hydrogen-bond acceptors (Lipinski definition) is 5. The van der Waals surface area contributed by atoms with E-state index in [0.29, 0.717) is 24.7 Å². The largest absolute Gasteiger partial charge is 0.478 e. The van der Waals surface area contributed by atoms with Crippen LogP contribution in [0.25, 0.3) is 6.08 Å². The van der Waals surface area contributed by atoms with Crippen LogP contribution in [0.1, 0.15) is 64.4 Å². The van der Waals surface area contributed by atoms with Crippen molar-refractivity contribution in [1.29, 1.82) is 0 Å². The lowest BCUT2D eigenvalue weighted by Gasteiger charge is -2.18. The van der Waals surface area contributed by atoms with E-state index < -0.39 is 11.9 Å². The second kappa shape index (κ2) is 18.7. The molecule has 35 heavy (non-hydrogen) atoms. The molecular formula is C27H39ClN2O5. The van der Waals surface area contributed by atoms with E-state index in [0.717, 1.165) is 42.1 Å². The summed E-state index contributed by atoms with van der Waals surface area (Å²) in [6.07, 6.45) is 13.8. The Kier molecular flexibility index (Phi) is 16.2. The molecule has 1 aliphatic heterocycles. The number of oxime groups is 1. The number of nitrogens with zero attached hydrogens (tertiary/aromatic N) is 2. The van der Waals surface area contributed by atoms with Crippen molar-refractivity contribution in [3.05, 3.63) is 53.1 Å². The Morgan fingerprint density at radius 3 is 2.17 bits per heavy atom. The van der Waals surface area contributed by atoms with Crippen LogP contribution in [0.15, 0.2) is 47.6 Å². The second-order valence-electron chi connectivity index (χ2n) is 8.85. The summed E-state index contributed by atoms with van der Waals surface area (Å²) in [6, 6.07) is 7.85. The Bertz CT molecular complexity index is 810. The summed E-state index contributed by atoms with van der Waals surface area (Å²) in [7, 11) is 0. The van der Waals surface area contributed by atoms with Gasteiger partial charge in [-0.1, -0.05) is 61.7 Å². The molecule has 1 aromatic rings. The maximum Gasteiger partial charge on any atom is 0.328 e. The number of carboxylic acid groups (broad SMARTS) is 2. The summed E-state index contributed by atoms with van der Waals surface area (Å²) in [6.45, 7) is 8.78. The molecule has 0 saturated carbocycles. The molecule has 1 aliphatic rings. The van der Waals surface area contributed by atoms with Crippen molar-refractivity contribution in [2.75, 3.05) is 26.2 Å². The number of aliphatic carboxylic acids is 2. The molecule has 2 N–H and O–H groups in total. The lowest BCUT2D eigenvalue weighted by atomic mass is 10.0. The molecule has 1 heterocycles. The molecule has 8 heteroatoms. The molecule has 0 spiro atoms. The van der Waals surface area contributed by atoms with Gasteiger partial charge in [-0.3, -0.25) is 0 Å². The van der Waals surface area contributed by atoms with E-state index >= 15 is 0 Å². The highest BCUT2D eigenvalue weighted by Gasteiger charge is 2.08. The van der Waals surface area contributed by atoms with Gasteiger partial charge in [-0.2, -0.15) is 0 Å². The number of carbonyl (C=O) groups is 2. The fourth-order valence-electron chi connectivity index (χ4n) is 3.35. The Morgan fingerprint density at radius 1 is 1.03 bits per heavy atom. The quantitative estimate of drug-likeness (QED) is 0.153. The molecule has 0 amide bonds. The monoisotopic (exact) mass is 506 g/mol. The van der Waals surface area contributed by atoms with Crippen LogP contribution >= 0.6 is 11.6 Å². The lowest BCUT2D eigenvalue weighted by Crippen LogP contribution is -2.26. The SMILES string of the molecule is CC(C)CCC(/C=C/c1ccc(Cl)cc1)=N\OCCCN1CCCCCC1.O=C(O)/C=C/C(=O)O. The van der Waals surface area contributed by atoms with Crippen LogP contribution in [-0.2, 0) is 14.4 Å². The van der Waals surface area contributed by atoms with Crippen LogP contribution in [0.3, 0.4) is 0 Å². The van der Waals surface area contributed by atoms with Crippen molar-refractivity contribution >= 4 is 35.3 Å². The third kappa shape index (κ3) is 17.4. The average molecular weight is 507 g/mol. The van der Waals surface area contributed by atoms with Crippen molar-refractivity contribution < 1.29 is 24.6 Å². The van der Waals surface area contributed by atoms with Gasteiger partial charge in [0.2, 0.25) is 0 Å². The molecule has 1 saturated heterocycles. The number of benzene rings is 1. The molecule has 1 fully saturated rings. The van der Waals surface area contributed by atoms with Crippen LogP contribution < -0.4 is 0 Å². The van der Waals surface area contributed by atoms with Crippen molar-refractivity contribution in [2.24, 2.45) is 11.1 Å². The molecule has 7 nitrogen and oxygen atoms in total. The molecular weight excluding hydrogens is 468 g/mol. The second-order valence-corrected chi connectivity index (χ2v) is 9.29. The van der Waals surface area contributed by atoms with Gasteiger partial charge in [0.25, 0.3) is 0 Å². The Morgan fingerprint density at radius 2 is 1.63 bits per heavy atom. The number of rotatable bonds is 12. The van der Waals surface area contributed by atoms with Gasteiger partial charge < -0.3 is 20.0 Å². The van der Waals surface area contributed by atoms with Gasteiger partial charge in [-0.15, -0.1) is 0 Å². The van der Waals surface area contributed by atoms with Crippen molar-refractivity contribution in [3.63, 3.8) is 0 Å². The molecule has 0 aromatic heterocycles. The van der Waals surface area contributed by atoms with Crippen molar-refractivity contribution in [3.8, 4) is 0 Å². The van der Waals surface area contributed by atoms with Crippen molar-refractivity contribution in [2.45, 2.75) is 58.8 Å². The summed E-state index contributed by atoms with van der Waals surface area (Å²) >= 11 is 5.95. The topological polar surface area (TPSA) is 99.4 Å². The minimum absolute atomic E-state index is 0.558. The first-order chi connectivity index (χ1) is 16.8. The molecule has 194 valence electrons. The predicted molar refractivity (Wildman–Crippen MR) is 142 cm³/mol. The standard InChI is InChI=1S/C23H35ClN2O.C4H4O4/c1-20(2)8-14-23(15-11-21-9-12-22(24)13-10-21)25-27-19-7-18-26-16-5-3-4-6-17-26;5-3(6)1-2-4(7)8/h9-13,15,20H,3-8,14,16-19H2,1-2H3;1-2H,(H,5,6)(H,7,8)/b15-11+,25-23+;2-1+. The highest BCUT2D eigenvalue weighted by atomic mass is 35.5. The summed E-state index contributed by atoms with van der Waals surface area (Å²) in [4.78, 5) is 27.3. The van der Waals surface area contributed by atoms with Crippen molar-refractivity contribution in [1.82, 2.24) is 4.90 Å². The van der Waals surface area contributed by atoms with Gasteiger partial charge in [0.1, 0.15) is 6.61 Å². The van der Waals surface area contributed by atoms with Gasteiger partial charge in [0.05, 0.1) is 5.71 Å². The normalized spacial score (nSPS) is 15.1. The summed E-state index contributed by atoms with van der Waals surface area (Å²) in [5.41, 5.74) is 2.13. The van der Waals surface area contributed by atoms with E-state index in [-0.39, 0.29) is 0 Å². The summed E-state index contributed by atoms with van der Waals surface area (Å²) in [5, 5.41) is 20.8. The van der Waals surface area contributed by atoms with E-state index in [9.17, 15) is 9.59 Å². The zero-order valence-corrected chi connectivity index (χ0v) is 21.6. The fourth-order valence-corrected chi connectivity index (χ4v) is 3.47. The molecule has 0 radical (unpaired) electrons. The first-order valence-electron chi connectivity index (χ1n) is 12.2. The molecule has 1 aromatic carbocycles. The maximum absolute atomic E-state index is 9.55. The number of halogens is 1. The third-order valence-electron chi connectivity index (χ3n) is 5.27. The minimum Gasteiger partial charge on any atom is -0.478 e. The van der Waals surface area contributed by atoms with Gasteiger partial charge in [0, 0.05) is 23.7 Å². The maximum atomic E-state index is 9.55. The average Bonchev–Trinajstić information content (AvgIpc) is 3.09. The Labute approximate surface area is 214 Å². The van der Waals surface area contributed by atoms with E-state index in [2.05, 4.69) is 36.1 Å². The van der Waals surface area contributed by atoms with E-state index in [4.69, 9.17) is 26.7 Å². The van der Waals surface area contributed by atoms with E-state index in [1.165, 1.54) is 38.8 Å². The third-order valence-corrected chi connectivity index (χ3v) is 5.53. The summed E-state index contributed by atoms with van der Waals surface area (Å²) < 4.78 is 0. The highest BCUT2D eigenvalue weighted by molar-refractivity contribution is 6.30. The molecule has 2 rings (SSSR count). The number of likely N-dealkylation sites (tertiary alicyclic amines) is 1. The summed E-state index contributed by atoms with van der Waals surface area (Å²) in [5.74, 6) is -1.86. The predicted octanol–water partition coefficient (Wildman–Crippen LogP) is 6.14. The number of carboxylic acids is 2. The highest BCUT2D eigenvalue weighted by Crippen LogP contribution is 2.13.